The lowest BCUT2D eigenvalue weighted by Gasteiger charge is -2.21. The molecule has 0 atom stereocenters. The van der Waals surface area contributed by atoms with Crippen LogP contribution in [0.2, 0.25) is 0 Å². The molecule has 0 aliphatic heterocycles. The van der Waals surface area contributed by atoms with Gasteiger partial charge in [-0.15, -0.1) is 5.10 Å². The van der Waals surface area contributed by atoms with E-state index in [0.29, 0.717) is 19.0 Å². The molecule has 0 fully saturated rings. The first-order valence-corrected chi connectivity index (χ1v) is 6.22. The number of hydrogen-bond donors (Lipinski definition) is 1. The van der Waals surface area contributed by atoms with Gasteiger partial charge in [-0.1, -0.05) is 20.8 Å². The SMILES string of the molecule is CCCn1nnnc1CN(CC(=O)O)CC(C)C. The van der Waals surface area contributed by atoms with Crippen LogP contribution in [0.3, 0.4) is 0 Å². The standard InChI is InChI=1S/C11H21N5O2/c1-4-5-16-10(12-13-14-16)7-15(6-9(2)3)8-11(17)18/h9H,4-8H2,1-3H3,(H,17,18). The van der Waals surface area contributed by atoms with Crippen LogP contribution >= 0.6 is 0 Å². The highest BCUT2D eigenvalue weighted by Gasteiger charge is 2.15. The molecule has 0 aliphatic carbocycles. The number of nitrogens with zero attached hydrogens (tertiary/aromatic N) is 5. The van der Waals surface area contributed by atoms with Crippen molar-refractivity contribution in [2.75, 3.05) is 13.1 Å². The average molecular weight is 255 g/mol. The molecule has 1 aromatic rings. The Morgan fingerprint density at radius 2 is 2.22 bits per heavy atom. The number of carbonyl (C=O) groups is 1. The van der Waals surface area contributed by atoms with Crippen LogP contribution in [-0.4, -0.2) is 49.3 Å². The second-order valence-corrected chi connectivity index (χ2v) is 4.78. The Hall–Kier alpha value is -1.50. The number of aliphatic carboxylic acids is 1. The molecule has 0 aliphatic rings. The lowest BCUT2D eigenvalue weighted by Crippen LogP contribution is -2.33. The summed E-state index contributed by atoms with van der Waals surface area (Å²) in [6.07, 6.45) is 0.946. The molecule has 0 spiro atoms. The minimum absolute atomic E-state index is 0.0111. The van der Waals surface area contributed by atoms with Crippen LogP contribution in [0.15, 0.2) is 0 Å². The Kier molecular flexibility index (Phi) is 5.70. The van der Waals surface area contributed by atoms with Gasteiger partial charge in [-0.3, -0.25) is 9.69 Å². The molecular formula is C11H21N5O2. The smallest absolute Gasteiger partial charge is 0.317 e. The van der Waals surface area contributed by atoms with Gasteiger partial charge in [-0.25, -0.2) is 4.68 Å². The molecule has 0 bridgehead atoms. The highest BCUT2D eigenvalue weighted by Crippen LogP contribution is 2.05. The van der Waals surface area contributed by atoms with Crippen molar-refractivity contribution >= 4 is 5.97 Å². The Morgan fingerprint density at radius 3 is 2.78 bits per heavy atom. The van der Waals surface area contributed by atoms with Crippen molar-refractivity contribution in [1.82, 2.24) is 25.1 Å². The molecule has 0 unspecified atom stereocenters. The maximum Gasteiger partial charge on any atom is 0.317 e. The molecular weight excluding hydrogens is 234 g/mol. The molecule has 1 N–H and O–H groups in total. The molecule has 1 aromatic heterocycles. The van der Waals surface area contributed by atoms with E-state index in [9.17, 15) is 4.79 Å². The Balaban J connectivity index is 2.68. The van der Waals surface area contributed by atoms with Crippen molar-refractivity contribution in [1.29, 1.82) is 0 Å². The zero-order chi connectivity index (χ0) is 13.5. The number of hydrogen-bond acceptors (Lipinski definition) is 5. The fourth-order valence-electron chi connectivity index (χ4n) is 1.81. The summed E-state index contributed by atoms with van der Waals surface area (Å²) in [5.41, 5.74) is 0. The number of carboxylic acid groups (broad SMARTS) is 1. The fraction of sp³-hybridized carbons (Fsp3) is 0.818. The number of carboxylic acids is 1. The molecule has 1 rings (SSSR count). The van der Waals surface area contributed by atoms with Crippen LogP contribution in [0.5, 0.6) is 0 Å². The third-order valence-electron chi connectivity index (χ3n) is 2.39. The van der Waals surface area contributed by atoms with Crippen molar-refractivity contribution in [2.45, 2.75) is 40.3 Å². The quantitative estimate of drug-likeness (QED) is 0.733. The molecule has 0 saturated heterocycles. The summed E-state index contributed by atoms with van der Waals surface area (Å²) >= 11 is 0. The van der Waals surface area contributed by atoms with E-state index < -0.39 is 5.97 Å². The van der Waals surface area contributed by atoms with Crippen molar-refractivity contribution in [2.24, 2.45) is 5.92 Å². The minimum Gasteiger partial charge on any atom is -0.480 e. The van der Waals surface area contributed by atoms with E-state index >= 15 is 0 Å². The Bertz CT molecular complexity index is 377. The predicted octanol–water partition coefficient (Wildman–Crippen LogP) is 0.626. The first-order valence-electron chi connectivity index (χ1n) is 6.22. The topological polar surface area (TPSA) is 84.1 Å². The molecule has 0 aromatic carbocycles. The van der Waals surface area contributed by atoms with E-state index in [1.807, 2.05) is 4.90 Å². The predicted molar refractivity (Wildman–Crippen MR) is 65.9 cm³/mol. The van der Waals surface area contributed by atoms with E-state index in [1.165, 1.54) is 0 Å². The van der Waals surface area contributed by atoms with E-state index in [2.05, 4.69) is 36.3 Å². The fourth-order valence-corrected chi connectivity index (χ4v) is 1.81. The van der Waals surface area contributed by atoms with Gasteiger partial charge in [0.1, 0.15) is 0 Å². The summed E-state index contributed by atoms with van der Waals surface area (Å²) in [5, 5.41) is 20.4. The summed E-state index contributed by atoms with van der Waals surface area (Å²) in [6.45, 7) is 8.12. The van der Waals surface area contributed by atoms with E-state index in [-0.39, 0.29) is 6.54 Å². The van der Waals surface area contributed by atoms with Gasteiger partial charge in [-0.05, 0) is 22.8 Å². The summed E-state index contributed by atoms with van der Waals surface area (Å²) in [4.78, 5) is 12.7. The van der Waals surface area contributed by atoms with Crippen LogP contribution in [0.1, 0.15) is 33.0 Å². The largest absolute Gasteiger partial charge is 0.480 e. The Labute approximate surface area is 107 Å². The van der Waals surface area contributed by atoms with E-state index in [4.69, 9.17) is 5.11 Å². The van der Waals surface area contributed by atoms with Gasteiger partial charge < -0.3 is 5.11 Å². The number of rotatable bonds is 8. The van der Waals surface area contributed by atoms with Gasteiger partial charge >= 0.3 is 5.97 Å². The van der Waals surface area contributed by atoms with Crippen molar-refractivity contribution in [3.05, 3.63) is 5.82 Å². The van der Waals surface area contributed by atoms with Gasteiger partial charge in [0.25, 0.3) is 0 Å². The normalized spacial score (nSPS) is 11.4. The van der Waals surface area contributed by atoms with Crippen molar-refractivity contribution < 1.29 is 9.90 Å². The number of aromatic nitrogens is 4. The molecule has 0 amide bonds. The highest BCUT2D eigenvalue weighted by molar-refractivity contribution is 5.69. The van der Waals surface area contributed by atoms with Gasteiger partial charge in [0.15, 0.2) is 5.82 Å². The summed E-state index contributed by atoms with van der Waals surface area (Å²) in [7, 11) is 0. The number of aryl methyl sites for hydroxylation is 1. The monoisotopic (exact) mass is 255 g/mol. The third-order valence-corrected chi connectivity index (χ3v) is 2.39. The van der Waals surface area contributed by atoms with Gasteiger partial charge in [0, 0.05) is 13.1 Å². The van der Waals surface area contributed by atoms with Crippen LogP contribution in [0.4, 0.5) is 0 Å². The maximum absolute atomic E-state index is 10.8. The molecule has 102 valence electrons. The van der Waals surface area contributed by atoms with Crippen molar-refractivity contribution in [3.63, 3.8) is 0 Å². The van der Waals surface area contributed by atoms with Crippen LogP contribution in [0.25, 0.3) is 0 Å². The van der Waals surface area contributed by atoms with Crippen molar-refractivity contribution in [3.8, 4) is 0 Å². The van der Waals surface area contributed by atoms with E-state index in [0.717, 1.165) is 18.8 Å². The first-order chi connectivity index (χ1) is 8.52. The zero-order valence-corrected chi connectivity index (χ0v) is 11.2. The lowest BCUT2D eigenvalue weighted by molar-refractivity contribution is -0.138. The van der Waals surface area contributed by atoms with Crippen LogP contribution < -0.4 is 0 Å². The highest BCUT2D eigenvalue weighted by atomic mass is 16.4. The lowest BCUT2D eigenvalue weighted by atomic mass is 10.2. The average Bonchev–Trinajstić information content (AvgIpc) is 2.64. The molecule has 7 heteroatoms. The maximum atomic E-state index is 10.8. The second kappa shape index (κ2) is 7.05. The summed E-state index contributed by atoms with van der Waals surface area (Å²) in [5.74, 6) is 0.295. The van der Waals surface area contributed by atoms with Gasteiger partial charge in [-0.2, -0.15) is 0 Å². The summed E-state index contributed by atoms with van der Waals surface area (Å²) < 4.78 is 1.73. The molecule has 0 radical (unpaired) electrons. The van der Waals surface area contributed by atoms with Crippen LogP contribution in [0, 0.1) is 5.92 Å². The minimum atomic E-state index is -0.829. The first kappa shape index (κ1) is 14.6. The molecule has 0 saturated carbocycles. The van der Waals surface area contributed by atoms with Crippen LogP contribution in [-0.2, 0) is 17.9 Å². The molecule has 7 nitrogen and oxygen atoms in total. The second-order valence-electron chi connectivity index (χ2n) is 4.78. The summed E-state index contributed by atoms with van der Waals surface area (Å²) in [6, 6.07) is 0. The molecule has 18 heavy (non-hydrogen) atoms. The molecule has 1 heterocycles. The Morgan fingerprint density at radius 1 is 1.50 bits per heavy atom. The third kappa shape index (κ3) is 4.79. The van der Waals surface area contributed by atoms with E-state index in [1.54, 1.807) is 4.68 Å². The number of tetrazole rings is 1. The zero-order valence-electron chi connectivity index (χ0n) is 11.2. The van der Waals surface area contributed by atoms with Gasteiger partial charge in [0.2, 0.25) is 0 Å². The van der Waals surface area contributed by atoms with Gasteiger partial charge in [0.05, 0.1) is 13.1 Å².